The minimum Gasteiger partial charge on any atom is -0.508 e. The van der Waals surface area contributed by atoms with Gasteiger partial charge >= 0.3 is 0 Å². The molecule has 3 N–H and O–H groups in total. The first-order chi connectivity index (χ1) is 8.88. The first kappa shape index (κ1) is 13.7. The maximum absolute atomic E-state index is 12.3. The number of aromatic hydroxyl groups is 1. The van der Waals surface area contributed by atoms with E-state index in [2.05, 4.69) is 0 Å². The standard InChI is InChI=1S/C13H12ClNO3S/c14-10-3-6-12(15)13(7-10)19(17,18)8-9-1-4-11(16)5-2-9/h1-7,16H,8,15H2. The molecule has 0 amide bonds. The number of hydrogen-bond donors (Lipinski definition) is 2. The van der Waals surface area contributed by atoms with Crippen molar-refractivity contribution in [2.45, 2.75) is 10.6 Å². The quantitative estimate of drug-likeness (QED) is 0.853. The van der Waals surface area contributed by atoms with Gasteiger partial charge in [0.2, 0.25) is 0 Å². The third-order valence-corrected chi connectivity index (χ3v) is 4.58. The van der Waals surface area contributed by atoms with Gasteiger partial charge in [0.25, 0.3) is 0 Å². The van der Waals surface area contributed by atoms with Crippen molar-refractivity contribution in [2.24, 2.45) is 0 Å². The van der Waals surface area contributed by atoms with Crippen molar-refractivity contribution in [1.29, 1.82) is 0 Å². The number of benzene rings is 2. The van der Waals surface area contributed by atoms with Crippen LogP contribution in [0.3, 0.4) is 0 Å². The van der Waals surface area contributed by atoms with Gasteiger partial charge in [0, 0.05) is 5.02 Å². The second-order valence-corrected chi connectivity index (χ2v) is 6.50. The molecule has 0 aliphatic heterocycles. The third-order valence-electron chi connectivity index (χ3n) is 2.60. The van der Waals surface area contributed by atoms with Crippen molar-refractivity contribution in [2.75, 3.05) is 5.73 Å². The van der Waals surface area contributed by atoms with Gasteiger partial charge < -0.3 is 10.8 Å². The predicted octanol–water partition coefficient (Wildman–Crippen LogP) is 2.60. The molecule has 0 aliphatic rings. The van der Waals surface area contributed by atoms with Crippen LogP contribution >= 0.6 is 11.6 Å². The minimum atomic E-state index is -3.57. The minimum absolute atomic E-state index is 0.0214. The molecule has 0 heterocycles. The summed E-state index contributed by atoms with van der Waals surface area (Å²) in [5, 5.41) is 9.48. The van der Waals surface area contributed by atoms with Gasteiger partial charge in [-0.15, -0.1) is 0 Å². The van der Waals surface area contributed by atoms with Crippen LogP contribution in [-0.2, 0) is 15.6 Å². The molecule has 0 aromatic heterocycles. The van der Waals surface area contributed by atoms with Crippen LogP contribution in [0.5, 0.6) is 5.75 Å². The summed E-state index contributed by atoms with van der Waals surface area (Å²) >= 11 is 5.79. The normalized spacial score (nSPS) is 11.4. The molecule has 0 bridgehead atoms. The zero-order valence-electron chi connectivity index (χ0n) is 9.88. The fourth-order valence-electron chi connectivity index (χ4n) is 1.67. The Kier molecular flexibility index (Phi) is 3.68. The molecule has 2 aromatic carbocycles. The van der Waals surface area contributed by atoms with E-state index in [-0.39, 0.29) is 22.1 Å². The van der Waals surface area contributed by atoms with Crippen molar-refractivity contribution < 1.29 is 13.5 Å². The molecular formula is C13H12ClNO3S. The number of hydrogen-bond acceptors (Lipinski definition) is 4. The Hall–Kier alpha value is -1.72. The number of nitrogens with two attached hydrogens (primary N) is 1. The molecule has 0 saturated heterocycles. The smallest absolute Gasteiger partial charge is 0.184 e. The van der Waals surface area contributed by atoms with E-state index in [0.29, 0.717) is 10.6 Å². The predicted molar refractivity (Wildman–Crippen MR) is 74.9 cm³/mol. The Bertz CT molecular complexity index is 696. The van der Waals surface area contributed by atoms with E-state index >= 15 is 0 Å². The molecule has 0 radical (unpaired) electrons. The van der Waals surface area contributed by atoms with Crippen LogP contribution in [-0.4, -0.2) is 13.5 Å². The molecule has 0 aliphatic carbocycles. The van der Waals surface area contributed by atoms with Gasteiger partial charge in [-0.05, 0) is 35.9 Å². The topological polar surface area (TPSA) is 80.4 Å². The van der Waals surface area contributed by atoms with E-state index in [1.165, 1.54) is 30.3 Å². The SMILES string of the molecule is Nc1ccc(Cl)cc1S(=O)(=O)Cc1ccc(O)cc1. The summed E-state index contributed by atoms with van der Waals surface area (Å²) in [5.74, 6) is -0.110. The Morgan fingerprint density at radius 2 is 1.74 bits per heavy atom. The maximum atomic E-state index is 12.3. The second-order valence-electron chi connectivity index (χ2n) is 4.11. The van der Waals surface area contributed by atoms with Crippen molar-refractivity contribution in [3.63, 3.8) is 0 Å². The first-order valence-corrected chi connectivity index (χ1v) is 7.47. The molecule has 2 rings (SSSR count). The van der Waals surface area contributed by atoms with E-state index < -0.39 is 9.84 Å². The van der Waals surface area contributed by atoms with Crippen LogP contribution in [0.25, 0.3) is 0 Å². The monoisotopic (exact) mass is 297 g/mol. The van der Waals surface area contributed by atoms with E-state index in [4.69, 9.17) is 22.4 Å². The van der Waals surface area contributed by atoms with Crippen molar-refractivity contribution in [3.05, 3.63) is 53.1 Å². The molecule has 0 fully saturated rings. The molecule has 0 saturated carbocycles. The van der Waals surface area contributed by atoms with Crippen molar-refractivity contribution in [1.82, 2.24) is 0 Å². The highest BCUT2D eigenvalue weighted by atomic mass is 35.5. The Balaban J connectivity index is 2.37. The highest BCUT2D eigenvalue weighted by Gasteiger charge is 2.18. The van der Waals surface area contributed by atoms with Crippen molar-refractivity contribution >= 4 is 27.1 Å². The lowest BCUT2D eigenvalue weighted by Gasteiger charge is -2.08. The van der Waals surface area contributed by atoms with Crippen LogP contribution in [0.15, 0.2) is 47.4 Å². The number of halogens is 1. The molecule has 19 heavy (non-hydrogen) atoms. The number of nitrogen functional groups attached to an aromatic ring is 1. The lowest BCUT2D eigenvalue weighted by atomic mass is 10.2. The van der Waals surface area contributed by atoms with Gasteiger partial charge in [-0.25, -0.2) is 8.42 Å². The molecule has 0 unspecified atom stereocenters. The highest BCUT2D eigenvalue weighted by Crippen LogP contribution is 2.26. The Morgan fingerprint density at radius 1 is 1.11 bits per heavy atom. The Labute approximate surface area is 116 Å². The van der Waals surface area contributed by atoms with Gasteiger partial charge in [-0.3, -0.25) is 0 Å². The van der Waals surface area contributed by atoms with E-state index in [0.717, 1.165) is 0 Å². The number of sulfone groups is 1. The average molecular weight is 298 g/mol. The largest absolute Gasteiger partial charge is 0.508 e. The number of anilines is 1. The van der Waals surface area contributed by atoms with E-state index in [1.807, 2.05) is 0 Å². The summed E-state index contributed by atoms with van der Waals surface area (Å²) in [6.07, 6.45) is 0. The maximum Gasteiger partial charge on any atom is 0.184 e. The van der Waals surface area contributed by atoms with Crippen LogP contribution < -0.4 is 5.73 Å². The first-order valence-electron chi connectivity index (χ1n) is 5.44. The second kappa shape index (κ2) is 5.11. The van der Waals surface area contributed by atoms with Crippen LogP contribution in [0.4, 0.5) is 5.69 Å². The lowest BCUT2D eigenvalue weighted by Crippen LogP contribution is -2.07. The van der Waals surface area contributed by atoms with Crippen LogP contribution in [0.2, 0.25) is 5.02 Å². The fourth-order valence-corrected chi connectivity index (χ4v) is 3.42. The molecule has 0 atom stereocenters. The number of phenols is 1. The summed E-state index contributed by atoms with van der Waals surface area (Å²) in [7, 11) is -3.57. The van der Waals surface area contributed by atoms with E-state index in [9.17, 15) is 8.42 Å². The third kappa shape index (κ3) is 3.19. The zero-order valence-corrected chi connectivity index (χ0v) is 11.4. The van der Waals surface area contributed by atoms with Crippen molar-refractivity contribution in [3.8, 4) is 5.75 Å². The highest BCUT2D eigenvalue weighted by molar-refractivity contribution is 7.90. The molecule has 2 aromatic rings. The molecule has 6 heteroatoms. The summed E-state index contributed by atoms with van der Waals surface area (Å²) < 4.78 is 24.5. The summed E-state index contributed by atoms with van der Waals surface area (Å²) in [5.41, 5.74) is 6.41. The van der Waals surface area contributed by atoms with E-state index in [1.54, 1.807) is 12.1 Å². The lowest BCUT2D eigenvalue weighted by molar-refractivity contribution is 0.475. The molecule has 4 nitrogen and oxygen atoms in total. The van der Waals surface area contributed by atoms with Gasteiger partial charge in [0.05, 0.1) is 16.3 Å². The molecule has 0 spiro atoms. The van der Waals surface area contributed by atoms with Gasteiger partial charge in [-0.1, -0.05) is 23.7 Å². The van der Waals surface area contributed by atoms with Gasteiger partial charge in [-0.2, -0.15) is 0 Å². The Morgan fingerprint density at radius 3 is 2.37 bits per heavy atom. The number of rotatable bonds is 3. The number of phenolic OH excluding ortho intramolecular Hbond substituents is 1. The molecule has 100 valence electrons. The van der Waals surface area contributed by atoms with Gasteiger partial charge in [0.1, 0.15) is 5.75 Å². The summed E-state index contributed by atoms with van der Waals surface area (Å²) in [4.78, 5) is 0.0214. The average Bonchev–Trinajstić information content (AvgIpc) is 2.35. The van der Waals surface area contributed by atoms with Crippen LogP contribution in [0, 0.1) is 0 Å². The summed E-state index contributed by atoms with van der Waals surface area (Å²) in [6, 6.07) is 10.3. The van der Waals surface area contributed by atoms with Crippen LogP contribution in [0.1, 0.15) is 5.56 Å². The fraction of sp³-hybridized carbons (Fsp3) is 0.0769. The molecular weight excluding hydrogens is 286 g/mol. The van der Waals surface area contributed by atoms with Gasteiger partial charge in [0.15, 0.2) is 9.84 Å². The zero-order chi connectivity index (χ0) is 14.0. The summed E-state index contributed by atoms with van der Waals surface area (Å²) in [6.45, 7) is 0.